The van der Waals surface area contributed by atoms with E-state index in [2.05, 4.69) is 0 Å². The fourth-order valence-electron chi connectivity index (χ4n) is 1.23. The molecule has 0 saturated heterocycles. The Hall–Kier alpha value is -0.930. The highest BCUT2D eigenvalue weighted by atomic mass is 19.1. The molecule has 0 amide bonds. The van der Waals surface area contributed by atoms with Crippen LogP contribution in [0.4, 0.5) is 4.39 Å². The Morgan fingerprint density at radius 3 is 2.36 bits per heavy atom. The smallest absolute Gasteiger partial charge is 0.123 e. The third-order valence-electron chi connectivity index (χ3n) is 2.10. The fraction of sp³-hybridized carbons (Fsp3) is 0.455. The van der Waals surface area contributed by atoms with E-state index in [1.54, 1.807) is 12.1 Å². The fourth-order valence-corrected chi connectivity index (χ4v) is 1.23. The molecule has 78 valence electrons. The summed E-state index contributed by atoms with van der Waals surface area (Å²) in [5.41, 5.74) is 0.772. The highest BCUT2D eigenvalue weighted by molar-refractivity contribution is 5.18. The van der Waals surface area contributed by atoms with Crippen LogP contribution in [-0.4, -0.2) is 30.6 Å². The molecule has 0 aliphatic carbocycles. The molecule has 14 heavy (non-hydrogen) atoms. The molecule has 0 unspecified atom stereocenters. The molecule has 0 radical (unpaired) electrons. The van der Waals surface area contributed by atoms with Crippen LogP contribution >= 0.6 is 0 Å². The van der Waals surface area contributed by atoms with Gasteiger partial charge in [-0.15, -0.1) is 0 Å². The molecule has 0 aliphatic rings. The Kier molecular flexibility index (Phi) is 4.04. The van der Waals surface area contributed by atoms with Crippen LogP contribution in [0.15, 0.2) is 24.3 Å². The molecule has 0 aromatic heterocycles. The predicted octanol–water partition coefficient (Wildman–Crippen LogP) is 1.81. The van der Waals surface area contributed by atoms with Crippen molar-refractivity contribution < 1.29 is 9.50 Å². The van der Waals surface area contributed by atoms with Gasteiger partial charge in [0.25, 0.3) is 0 Å². The van der Waals surface area contributed by atoms with Gasteiger partial charge in [-0.3, -0.25) is 0 Å². The molecule has 0 spiro atoms. The quantitative estimate of drug-likeness (QED) is 0.795. The maximum absolute atomic E-state index is 12.6. The molecule has 0 heterocycles. The van der Waals surface area contributed by atoms with Crippen LogP contribution in [0, 0.1) is 5.82 Å². The van der Waals surface area contributed by atoms with Gasteiger partial charge in [-0.05, 0) is 38.2 Å². The van der Waals surface area contributed by atoms with Crippen LogP contribution in [0.5, 0.6) is 0 Å². The number of hydrogen-bond donors (Lipinski definition) is 1. The summed E-state index contributed by atoms with van der Waals surface area (Å²) in [6.07, 6.45) is 0.163. The summed E-state index contributed by atoms with van der Waals surface area (Å²) in [6, 6.07) is 5.98. The lowest BCUT2D eigenvalue weighted by molar-refractivity contribution is 0.154. The maximum atomic E-state index is 12.6. The Morgan fingerprint density at radius 1 is 1.29 bits per heavy atom. The monoisotopic (exact) mass is 197 g/mol. The van der Waals surface area contributed by atoms with E-state index in [4.69, 9.17) is 0 Å². The standard InChI is InChI=1S/C11H16FNO/c1-13(2)8-7-11(14)9-3-5-10(12)6-4-9/h3-6,11,14H,7-8H2,1-2H3/t11-/m1/s1. The van der Waals surface area contributed by atoms with Crippen molar-refractivity contribution in [3.05, 3.63) is 35.6 Å². The number of hydrogen-bond acceptors (Lipinski definition) is 2. The minimum atomic E-state index is -0.502. The second-order valence-electron chi connectivity index (χ2n) is 3.66. The first kappa shape index (κ1) is 11.1. The van der Waals surface area contributed by atoms with Gasteiger partial charge in [0, 0.05) is 6.54 Å². The van der Waals surface area contributed by atoms with Gasteiger partial charge in [-0.2, -0.15) is 0 Å². The number of aliphatic hydroxyl groups is 1. The Bertz CT molecular complexity index is 271. The van der Waals surface area contributed by atoms with Crippen molar-refractivity contribution >= 4 is 0 Å². The van der Waals surface area contributed by atoms with E-state index < -0.39 is 6.10 Å². The summed E-state index contributed by atoms with van der Waals surface area (Å²) in [4.78, 5) is 2.01. The first-order chi connectivity index (χ1) is 6.59. The molecule has 3 heteroatoms. The minimum absolute atomic E-state index is 0.270. The van der Waals surface area contributed by atoms with Crippen molar-refractivity contribution in [1.82, 2.24) is 4.90 Å². The highest BCUT2D eigenvalue weighted by Crippen LogP contribution is 2.16. The zero-order valence-electron chi connectivity index (χ0n) is 8.57. The summed E-state index contributed by atoms with van der Waals surface area (Å²) >= 11 is 0. The summed E-state index contributed by atoms with van der Waals surface area (Å²) < 4.78 is 12.6. The topological polar surface area (TPSA) is 23.5 Å². The Morgan fingerprint density at radius 2 is 1.86 bits per heavy atom. The van der Waals surface area contributed by atoms with E-state index in [0.29, 0.717) is 6.42 Å². The lowest BCUT2D eigenvalue weighted by Crippen LogP contribution is -2.15. The average molecular weight is 197 g/mol. The van der Waals surface area contributed by atoms with Crippen molar-refractivity contribution in [2.24, 2.45) is 0 Å². The molecular formula is C11H16FNO. The van der Waals surface area contributed by atoms with E-state index >= 15 is 0 Å². The lowest BCUT2D eigenvalue weighted by Gasteiger charge is -2.14. The first-order valence-corrected chi connectivity index (χ1v) is 4.68. The summed E-state index contributed by atoms with van der Waals surface area (Å²) in [5, 5.41) is 9.71. The van der Waals surface area contributed by atoms with Crippen LogP contribution in [0.2, 0.25) is 0 Å². The summed E-state index contributed by atoms with van der Waals surface area (Å²) in [5.74, 6) is -0.270. The van der Waals surface area contributed by atoms with Gasteiger partial charge in [-0.25, -0.2) is 4.39 Å². The largest absolute Gasteiger partial charge is 0.388 e. The Balaban J connectivity index is 2.52. The lowest BCUT2D eigenvalue weighted by atomic mass is 10.1. The van der Waals surface area contributed by atoms with Gasteiger partial charge in [0.1, 0.15) is 5.82 Å². The summed E-state index contributed by atoms with van der Waals surface area (Å²) in [6.45, 7) is 0.818. The average Bonchev–Trinajstić information content (AvgIpc) is 2.15. The number of benzene rings is 1. The first-order valence-electron chi connectivity index (χ1n) is 4.68. The molecule has 1 N–H and O–H groups in total. The molecule has 0 bridgehead atoms. The van der Waals surface area contributed by atoms with E-state index in [9.17, 15) is 9.50 Å². The zero-order valence-corrected chi connectivity index (χ0v) is 8.57. The van der Waals surface area contributed by atoms with Crippen molar-refractivity contribution in [3.8, 4) is 0 Å². The highest BCUT2D eigenvalue weighted by Gasteiger charge is 2.07. The second-order valence-corrected chi connectivity index (χ2v) is 3.66. The SMILES string of the molecule is CN(C)CC[C@@H](O)c1ccc(F)cc1. The van der Waals surface area contributed by atoms with Crippen molar-refractivity contribution in [1.29, 1.82) is 0 Å². The van der Waals surface area contributed by atoms with E-state index in [-0.39, 0.29) is 5.82 Å². The molecule has 0 aliphatic heterocycles. The van der Waals surface area contributed by atoms with Crippen molar-refractivity contribution in [3.63, 3.8) is 0 Å². The maximum Gasteiger partial charge on any atom is 0.123 e. The van der Waals surface area contributed by atoms with Crippen LogP contribution in [0.25, 0.3) is 0 Å². The molecule has 1 aromatic carbocycles. The predicted molar refractivity (Wildman–Crippen MR) is 54.5 cm³/mol. The molecule has 0 fully saturated rings. The molecule has 2 nitrogen and oxygen atoms in total. The van der Waals surface area contributed by atoms with Crippen LogP contribution in [0.3, 0.4) is 0 Å². The van der Waals surface area contributed by atoms with Gasteiger partial charge in [0.05, 0.1) is 6.10 Å². The van der Waals surface area contributed by atoms with Crippen LogP contribution < -0.4 is 0 Å². The van der Waals surface area contributed by atoms with Crippen molar-refractivity contribution in [2.45, 2.75) is 12.5 Å². The normalized spacial score (nSPS) is 13.2. The van der Waals surface area contributed by atoms with Gasteiger partial charge in [0.15, 0.2) is 0 Å². The number of aliphatic hydroxyl groups excluding tert-OH is 1. The third kappa shape index (κ3) is 3.44. The summed E-state index contributed by atoms with van der Waals surface area (Å²) in [7, 11) is 3.91. The molecule has 1 atom stereocenters. The molecular weight excluding hydrogens is 181 g/mol. The molecule has 1 rings (SSSR count). The van der Waals surface area contributed by atoms with Crippen LogP contribution in [-0.2, 0) is 0 Å². The van der Waals surface area contributed by atoms with E-state index in [1.165, 1.54) is 12.1 Å². The number of rotatable bonds is 4. The Labute approximate surface area is 84.0 Å². The van der Waals surface area contributed by atoms with Gasteiger partial charge < -0.3 is 10.0 Å². The minimum Gasteiger partial charge on any atom is -0.388 e. The van der Waals surface area contributed by atoms with Crippen molar-refractivity contribution in [2.75, 3.05) is 20.6 Å². The third-order valence-corrected chi connectivity index (χ3v) is 2.10. The van der Waals surface area contributed by atoms with E-state index in [1.807, 2.05) is 19.0 Å². The van der Waals surface area contributed by atoms with E-state index in [0.717, 1.165) is 12.1 Å². The van der Waals surface area contributed by atoms with Gasteiger partial charge in [-0.1, -0.05) is 12.1 Å². The van der Waals surface area contributed by atoms with Gasteiger partial charge >= 0.3 is 0 Å². The number of nitrogens with zero attached hydrogens (tertiary/aromatic N) is 1. The van der Waals surface area contributed by atoms with Gasteiger partial charge in [0.2, 0.25) is 0 Å². The number of halogens is 1. The van der Waals surface area contributed by atoms with Crippen LogP contribution in [0.1, 0.15) is 18.1 Å². The molecule has 0 saturated carbocycles. The zero-order chi connectivity index (χ0) is 10.6. The second kappa shape index (κ2) is 5.08. The molecule has 1 aromatic rings.